The molecule has 2 spiro atoms. The van der Waals surface area contributed by atoms with Crippen molar-refractivity contribution in [3.8, 4) is 67.5 Å². The van der Waals surface area contributed by atoms with Crippen LogP contribution in [-0.2, 0) is 10.8 Å². The second-order valence-corrected chi connectivity index (χ2v) is 16.1. The van der Waals surface area contributed by atoms with Crippen LogP contribution in [0.25, 0.3) is 67.5 Å². The molecule has 11 rings (SSSR count). The molecule has 7 aromatic rings. The van der Waals surface area contributed by atoms with Crippen molar-refractivity contribution in [3.05, 3.63) is 162 Å². The van der Waals surface area contributed by atoms with Gasteiger partial charge in [-0.2, -0.15) is 0 Å². The van der Waals surface area contributed by atoms with Gasteiger partial charge in [0.25, 0.3) is 0 Å². The molecule has 0 atom stereocenters. The first-order valence-corrected chi connectivity index (χ1v) is 20.1. The zero-order chi connectivity index (χ0) is 35.7. The van der Waals surface area contributed by atoms with E-state index in [1.807, 2.05) is 36.4 Å². The molecule has 1 heterocycles. The molecule has 4 aliphatic rings. The van der Waals surface area contributed by atoms with Crippen LogP contribution in [0.3, 0.4) is 0 Å². The molecule has 0 unspecified atom stereocenters. The van der Waals surface area contributed by atoms with Gasteiger partial charge in [0.15, 0.2) is 17.5 Å². The minimum atomic E-state index is 0.0617. The first kappa shape index (κ1) is 31.8. The lowest BCUT2D eigenvalue weighted by molar-refractivity contribution is 0.350. The number of nitrogens with zero attached hydrogens (tertiary/aromatic N) is 3. The Kier molecular flexibility index (Phi) is 7.34. The zero-order valence-electron chi connectivity index (χ0n) is 30.7. The Bertz CT molecular complexity index is 2500. The molecule has 2 saturated carbocycles. The van der Waals surface area contributed by atoms with E-state index in [0.29, 0.717) is 17.5 Å². The zero-order valence-corrected chi connectivity index (χ0v) is 30.7. The summed E-state index contributed by atoms with van der Waals surface area (Å²) >= 11 is 0. The highest BCUT2D eigenvalue weighted by Crippen LogP contribution is 2.63. The summed E-state index contributed by atoms with van der Waals surface area (Å²) in [6.45, 7) is 0. The van der Waals surface area contributed by atoms with E-state index < -0.39 is 0 Å². The van der Waals surface area contributed by atoms with Crippen LogP contribution in [0.2, 0.25) is 0 Å². The van der Waals surface area contributed by atoms with Crippen molar-refractivity contribution in [3.63, 3.8) is 0 Å². The monoisotopic (exact) mass is 697 g/mol. The van der Waals surface area contributed by atoms with Crippen LogP contribution >= 0.6 is 0 Å². The van der Waals surface area contributed by atoms with Crippen molar-refractivity contribution in [1.29, 1.82) is 0 Å². The molecule has 0 bridgehead atoms. The third-order valence-corrected chi connectivity index (χ3v) is 13.3. The van der Waals surface area contributed by atoms with Gasteiger partial charge in [0.05, 0.1) is 0 Å². The summed E-state index contributed by atoms with van der Waals surface area (Å²) in [5.41, 5.74) is 17.8. The fraction of sp³-hybridized carbons (Fsp3) is 0.235. The van der Waals surface area contributed by atoms with Gasteiger partial charge in [0, 0.05) is 27.5 Å². The van der Waals surface area contributed by atoms with Gasteiger partial charge in [0.2, 0.25) is 0 Å². The molecular formula is C51H43N3. The fourth-order valence-corrected chi connectivity index (χ4v) is 10.9. The summed E-state index contributed by atoms with van der Waals surface area (Å²) in [6.07, 6.45) is 12.8. The van der Waals surface area contributed by atoms with Gasteiger partial charge in [-0.25, -0.2) is 15.0 Å². The summed E-state index contributed by atoms with van der Waals surface area (Å²) in [6, 6.07) is 51.3. The summed E-state index contributed by atoms with van der Waals surface area (Å²) in [5, 5.41) is 0. The van der Waals surface area contributed by atoms with Gasteiger partial charge in [-0.05, 0) is 99.5 Å². The predicted molar refractivity (Wildman–Crippen MR) is 220 cm³/mol. The molecule has 6 aromatic carbocycles. The maximum absolute atomic E-state index is 5.10. The lowest BCUT2D eigenvalue weighted by Crippen LogP contribution is -2.29. The lowest BCUT2D eigenvalue weighted by Gasteiger charge is -2.37. The number of rotatable bonds is 4. The van der Waals surface area contributed by atoms with Crippen molar-refractivity contribution >= 4 is 0 Å². The summed E-state index contributed by atoms with van der Waals surface area (Å²) < 4.78 is 0. The Morgan fingerprint density at radius 3 is 1.44 bits per heavy atom. The van der Waals surface area contributed by atoms with Crippen LogP contribution in [0, 0.1) is 0 Å². The molecule has 2 fully saturated rings. The largest absolute Gasteiger partial charge is 0.208 e. The molecule has 3 nitrogen and oxygen atoms in total. The topological polar surface area (TPSA) is 38.7 Å². The van der Waals surface area contributed by atoms with E-state index in [1.165, 1.54) is 103 Å². The van der Waals surface area contributed by atoms with Crippen molar-refractivity contribution < 1.29 is 0 Å². The second-order valence-electron chi connectivity index (χ2n) is 16.1. The molecule has 3 heteroatoms. The smallest absolute Gasteiger partial charge is 0.164 e. The molecule has 0 radical (unpaired) electrons. The van der Waals surface area contributed by atoms with Crippen LogP contribution in [0.5, 0.6) is 0 Å². The molecule has 0 N–H and O–H groups in total. The number of benzene rings is 6. The average Bonchev–Trinajstić information content (AvgIpc) is 3.66. The van der Waals surface area contributed by atoms with E-state index >= 15 is 0 Å². The fourth-order valence-electron chi connectivity index (χ4n) is 10.9. The third kappa shape index (κ3) is 4.77. The Morgan fingerprint density at radius 2 is 0.778 bits per heavy atom. The predicted octanol–water partition coefficient (Wildman–Crippen LogP) is 13.0. The second kappa shape index (κ2) is 12.5. The van der Waals surface area contributed by atoms with Gasteiger partial charge >= 0.3 is 0 Å². The summed E-state index contributed by atoms with van der Waals surface area (Å²) in [4.78, 5) is 15.1. The molecule has 0 amide bonds. The number of hydrogen-bond donors (Lipinski definition) is 0. The van der Waals surface area contributed by atoms with E-state index in [1.54, 1.807) is 16.7 Å². The average molecular weight is 698 g/mol. The SMILES string of the molecule is c1ccc(-c2nc(-c3ccccc3)nc(-c3cccc(-c4cccc5c4-c4cc6c(cc4C54CCCCC4)-c4ccccc4C64CCCCC4)c3)n2)cc1. The Morgan fingerprint density at radius 1 is 0.315 bits per heavy atom. The first-order valence-electron chi connectivity index (χ1n) is 20.1. The maximum Gasteiger partial charge on any atom is 0.164 e. The van der Waals surface area contributed by atoms with Crippen LogP contribution in [0.4, 0.5) is 0 Å². The van der Waals surface area contributed by atoms with Gasteiger partial charge in [0.1, 0.15) is 0 Å². The molecule has 0 saturated heterocycles. The third-order valence-electron chi connectivity index (χ3n) is 13.3. The molecular weight excluding hydrogens is 655 g/mol. The Balaban J connectivity index is 1.10. The van der Waals surface area contributed by atoms with Crippen molar-refractivity contribution in [2.24, 2.45) is 0 Å². The molecule has 0 aliphatic heterocycles. The maximum atomic E-state index is 5.10. The summed E-state index contributed by atoms with van der Waals surface area (Å²) in [7, 11) is 0. The van der Waals surface area contributed by atoms with Crippen molar-refractivity contribution in [1.82, 2.24) is 15.0 Å². The van der Waals surface area contributed by atoms with Crippen LogP contribution in [-0.4, -0.2) is 15.0 Å². The van der Waals surface area contributed by atoms with E-state index in [9.17, 15) is 0 Å². The molecule has 4 aliphatic carbocycles. The minimum Gasteiger partial charge on any atom is -0.208 e. The number of aromatic nitrogens is 3. The van der Waals surface area contributed by atoms with E-state index in [4.69, 9.17) is 15.0 Å². The van der Waals surface area contributed by atoms with Crippen LogP contribution in [0.15, 0.2) is 140 Å². The number of hydrogen-bond acceptors (Lipinski definition) is 3. The first-order chi connectivity index (χ1) is 26.7. The van der Waals surface area contributed by atoms with Crippen molar-refractivity contribution in [2.45, 2.75) is 75.0 Å². The standard InChI is InChI=1S/C51H43N3/c1-5-17-34(18-6-1)47-52-48(35-19-7-2-8-20-35)54-49(53-47)37-22-15-21-36(31-37)38-24-16-26-43-46(38)41-33-44-40(32-45(41)51(43)29-13-4-14-30-51)39-23-9-10-25-42(39)50(44)27-11-3-12-28-50/h1-2,5-10,15-26,31-33H,3-4,11-14,27-30H2. The lowest BCUT2D eigenvalue weighted by atomic mass is 9.66. The van der Waals surface area contributed by atoms with Crippen LogP contribution in [0.1, 0.15) is 86.5 Å². The van der Waals surface area contributed by atoms with E-state index in [2.05, 4.69) is 103 Å². The molecule has 262 valence electrons. The Labute approximate surface area is 318 Å². The number of fused-ring (bicyclic) bond motifs is 10. The molecule has 1 aromatic heterocycles. The highest BCUT2D eigenvalue weighted by atomic mass is 15.0. The van der Waals surface area contributed by atoms with Crippen LogP contribution < -0.4 is 0 Å². The Hall–Kier alpha value is -5.67. The van der Waals surface area contributed by atoms with Gasteiger partial charge in [-0.1, -0.05) is 160 Å². The minimum absolute atomic E-state index is 0.0617. The normalized spacial score (nSPS) is 17.2. The van der Waals surface area contributed by atoms with Crippen molar-refractivity contribution in [2.75, 3.05) is 0 Å². The highest BCUT2D eigenvalue weighted by Gasteiger charge is 2.49. The van der Waals surface area contributed by atoms with Gasteiger partial charge in [-0.3, -0.25) is 0 Å². The highest BCUT2D eigenvalue weighted by molar-refractivity contribution is 5.96. The summed E-state index contributed by atoms with van der Waals surface area (Å²) in [5.74, 6) is 2.06. The molecule has 54 heavy (non-hydrogen) atoms. The van der Waals surface area contributed by atoms with E-state index in [-0.39, 0.29) is 10.8 Å². The van der Waals surface area contributed by atoms with Gasteiger partial charge in [-0.15, -0.1) is 0 Å². The van der Waals surface area contributed by atoms with Gasteiger partial charge < -0.3 is 0 Å². The quantitative estimate of drug-likeness (QED) is 0.184. The van der Waals surface area contributed by atoms with E-state index in [0.717, 1.165) is 16.7 Å².